The molecule has 0 saturated heterocycles. The van der Waals surface area contributed by atoms with E-state index in [0.29, 0.717) is 23.7 Å². The van der Waals surface area contributed by atoms with Crippen LogP contribution in [0.2, 0.25) is 0 Å². The van der Waals surface area contributed by atoms with Crippen molar-refractivity contribution in [3.8, 4) is 6.07 Å². The fourth-order valence-electron chi connectivity index (χ4n) is 1.83. The third-order valence-electron chi connectivity index (χ3n) is 3.05. The molecule has 1 aromatic rings. The van der Waals surface area contributed by atoms with Crippen LogP contribution in [0.1, 0.15) is 37.8 Å². The molecule has 1 unspecified atom stereocenters. The summed E-state index contributed by atoms with van der Waals surface area (Å²) in [6.07, 6.45) is 2.21. The van der Waals surface area contributed by atoms with Gasteiger partial charge in [-0.3, -0.25) is 4.90 Å². The van der Waals surface area contributed by atoms with Crippen molar-refractivity contribution in [1.29, 1.82) is 5.26 Å². The normalized spacial score (nSPS) is 12.5. The van der Waals surface area contributed by atoms with Crippen molar-refractivity contribution in [1.82, 2.24) is 4.90 Å². The third kappa shape index (κ3) is 3.83. The lowest BCUT2D eigenvalue weighted by Crippen LogP contribution is -2.28. The molecule has 0 aliphatic carbocycles. The molecule has 3 heteroatoms. The maximum absolute atomic E-state index is 13.6. The van der Waals surface area contributed by atoms with Crippen LogP contribution < -0.4 is 0 Å². The molecule has 0 fully saturated rings. The summed E-state index contributed by atoms with van der Waals surface area (Å²) in [5.74, 6) is -0.237. The number of hydrogen-bond acceptors (Lipinski definition) is 2. The zero-order valence-corrected chi connectivity index (χ0v) is 10.7. The molecule has 1 rings (SSSR count). The molecule has 1 aromatic carbocycles. The van der Waals surface area contributed by atoms with Crippen LogP contribution in [0.3, 0.4) is 0 Å². The first-order valence-corrected chi connectivity index (χ1v) is 5.97. The summed E-state index contributed by atoms with van der Waals surface area (Å²) in [4.78, 5) is 2.11. The highest BCUT2D eigenvalue weighted by Gasteiger charge is 2.11. The highest BCUT2D eigenvalue weighted by molar-refractivity contribution is 5.33. The van der Waals surface area contributed by atoms with Crippen LogP contribution in [0.4, 0.5) is 4.39 Å². The summed E-state index contributed by atoms with van der Waals surface area (Å²) < 4.78 is 13.6. The van der Waals surface area contributed by atoms with Gasteiger partial charge in [0.15, 0.2) is 0 Å². The Labute approximate surface area is 103 Å². The van der Waals surface area contributed by atoms with E-state index in [1.165, 1.54) is 12.1 Å². The topological polar surface area (TPSA) is 27.0 Å². The number of benzene rings is 1. The van der Waals surface area contributed by atoms with E-state index >= 15 is 0 Å². The fourth-order valence-corrected chi connectivity index (χ4v) is 1.83. The van der Waals surface area contributed by atoms with Crippen molar-refractivity contribution in [3.05, 3.63) is 35.1 Å². The molecule has 0 N–H and O–H groups in total. The smallest absolute Gasteiger partial charge is 0.127 e. The first-order valence-electron chi connectivity index (χ1n) is 5.97. The molecule has 0 aliphatic heterocycles. The Morgan fingerprint density at radius 2 is 2.18 bits per heavy atom. The summed E-state index contributed by atoms with van der Waals surface area (Å²) in [7, 11) is 1.98. The lowest BCUT2D eigenvalue weighted by Gasteiger charge is -2.24. The van der Waals surface area contributed by atoms with E-state index in [1.54, 1.807) is 6.07 Å². The average molecular weight is 234 g/mol. The van der Waals surface area contributed by atoms with Gasteiger partial charge in [-0.1, -0.05) is 13.3 Å². The van der Waals surface area contributed by atoms with Crippen LogP contribution >= 0.6 is 0 Å². The van der Waals surface area contributed by atoms with E-state index in [-0.39, 0.29) is 5.82 Å². The second-order valence-electron chi connectivity index (χ2n) is 4.47. The Hall–Kier alpha value is -1.40. The van der Waals surface area contributed by atoms with Crippen molar-refractivity contribution in [3.63, 3.8) is 0 Å². The molecule has 0 aliphatic rings. The standard InChI is InChI=1S/C14H19FN2/c1-4-5-11(2)17(3)10-13-8-12(9-16)6-7-14(13)15/h6-8,11H,4-5,10H2,1-3H3. The summed E-state index contributed by atoms with van der Waals surface area (Å²) in [5, 5.41) is 8.79. The van der Waals surface area contributed by atoms with Crippen LogP contribution in [0.25, 0.3) is 0 Å². The van der Waals surface area contributed by atoms with Gasteiger partial charge in [-0.2, -0.15) is 5.26 Å². The Kier molecular flexibility index (Phi) is 5.11. The molecular formula is C14H19FN2. The van der Waals surface area contributed by atoms with E-state index in [1.807, 2.05) is 13.1 Å². The van der Waals surface area contributed by atoms with Crippen molar-refractivity contribution < 1.29 is 4.39 Å². The quantitative estimate of drug-likeness (QED) is 0.781. The van der Waals surface area contributed by atoms with Gasteiger partial charge in [0.25, 0.3) is 0 Å². The number of halogens is 1. The number of nitrogens with zero attached hydrogens (tertiary/aromatic N) is 2. The van der Waals surface area contributed by atoms with Crippen molar-refractivity contribution in [2.24, 2.45) is 0 Å². The lowest BCUT2D eigenvalue weighted by molar-refractivity contribution is 0.234. The molecule has 0 spiro atoms. The van der Waals surface area contributed by atoms with Crippen LogP contribution in [0.5, 0.6) is 0 Å². The summed E-state index contributed by atoms with van der Waals surface area (Å²) in [6, 6.07) is 6.96. The van der Waals surface area contributed by atoms with Gasteiger partial charge in [0, 0.05) is 18.2 Å². The molecule has 0 saturated carbocycles. The molecule has 0 bridgehead atoms. The van der Waals surface area contributed by atoms with E-state index in [0.717, 1.165) is 12.8 Å². The van der Waals surface area contributed by atoms with Gasteiger partial charge in [-0.25, -0.2) is 4.39 Å². The summed E-state index contributed by atoms with van der Waals surface area (Å²) in [5.41, 5.74) is 1.10. The third-order valence-corrected chi connectivity index (χ3v) is 3.05. The van der Waals surface area contributed by atoms with Gasteiger partial charge in [0.2, 0.25) is 0 Å². The Balaban J connectivity index is 2.77. The predicted molar refractivity (Wildman–Crippen MR) is 67.0 cm³/mol. The minimum atomic E-state index is -0.237. The van der Waals surface area contributed by atoms with Crippen LogP contribution in [0, 0.1) is 17.1 Å². The van der Waals surface area contributed by atoms with E-state index < -0.39 is 0 Å². The summed E-state index contributed by atoms with van der Waals surface area (Å²) >= 11 is 0. The van der Waals surface area contributed by atoms with Gasteiger partial charge in [0.05, 0.1) is 11.6 Å². The molecule has 0 radical (unpaired) electrons. The molecular weight excluding hydrogens is 215 g/mol. The fraction of sp³-hybridized carbons (Fsp3) is 0.500. The number of rotatable bonds is 5. The maximum Gasteiger partial charge on any atom is 0.127 e. The Bertz CT molecular complexity index is 409. The second-order valence-corrected chi connectivity index (χ2v) is 4.47. The zero-order valence-electron chi connectivity index (χ0n) is 10.7. The van der Waals surface area contributed by atoms with Crippen molar-refractivity contribution in [2.75, 3.05) is 7.05 Å². The molecule has 92 valence electrons. The van der Waals surface area contributed by atoms with E-state index in [2.05, 4.69) is 18.7 Å². The van der Waals surface area contributed by atoms with Gasteiger partial charge in [-0.15, -0.1) is 0 Å². The highest BCUT2D eigenvalue weighted by atomic mass is 19.1. The SMILES string of the molecule is CCCC(C)N(C)Cc1cc(C#N)ccc1F. The van der Waals surface area contributed by atoms with Crippen molar-refractivity contribution >= 4 is 0 Å². The number of hydrogen-bond donors (Lipinski definition) is 0. The first-order chi connectivity index (χ1) is 8.08. The van der Waals surface area contributed by atoms with Crippen molar-refractivity contribution in [2.45, 2.75) is 39.3 Å². The Morgan fingerprint density at radius 3 is 2.76 bits per heavy atom. The van der Waals surface area contributed by atoms with E-state index in [9.17, 15) is 4.39 Å². The molecule has 17 heavy (non-hydrogen) atoms. The number of nitriles is 1. The molecule has 1 atom stereocenters. The van der Waals surface area contributed by atoms with E-state index in [4.69, 9.17) is 5.26 Å². The van der Waals surface area contributed by atoms with Crippen LogP contribution in [-0.4, -0.2) is 18.0 Å². The van der Waals surface area contributed by atoms with Gasteiger partial charge >= 0.3 is 0 Å². The van der Waals surface area contributed by atoms with Crippen LogP contribution in [-0.2, 0) is 6.54 Å². The van der Waals surface area contributed by atoms with Crippen LogP contribution in [0.15, 0.2) is 18.2 Å². The zero-order chi connectivity index (χ0) is 12.8. The molecule has 2 nitrogen and oxygen atoms in total. The molecule has 0 aromatic heterocycles. The monoisotopic (exact) mass is 234 g/mol. The molecule has 0 amide bonds. The van der Waals surface area contributed by atoms with Gasteiger partial charge < -0.3 is 0 Å². The first kappa shape index (κ1) is 13.7. The second kappa shape index (κ2) is 6.36. The van der Waals surface area contributed by atoms with Gasteiger partial charge in [0.1, 0.15) is 5.82 Å². The average Bonchev–Trinajstić information content (AvgIpc) is 2.32. The Morgan fingerprint density at radius 1 is 1.47 bits per heavy atom. The van der Waals surface area contributed by atoms with Gasteiger partial charge in [-0.05, 0) is 38.6 Å². The highest BCUT2D eigenvalue weighted by Crippen LogP contribution is 2.14. The minimum absolute atomic E-state index is 0.237. The minimum Gasteiger partial charge on any atom is -0.299 e. The maximum atomic E-state index is 13.6. The largest absolute Gasteiger partial charge is 0.299 e. The summed E-state index contributed by atoms with van der Waals surface area (Å²) in [6.45, 7) is 4.82. The lowest BCUT2D eigenvalue weighted by atomic mass is 10.1. The molecule has 0 heterocycles. The predicted octanol–water partition coefficient (Wildman–Crippen LogP) is 3.32.